The summed E-state index contributed by atoms with van der Waals surface area (Å²) in [5.41, 5.74) is 6.12. The van der Waals surface area contributed by atoms with Gasteiger partial charge in [0.15, 0.2) is 0 Å². The van der Waals surface area contributed by atoms with Crippen LogP contribution in [0.4, 0.5) is 5.69 Å². The van der Waals surface area contributed by atoms with Crippen LogP contribution in [0.1, 0.15) is 11.7 Å². The van der Waals surface area contributed by atoms with Gasteiger partial charge in [-0.2, -0.15) is 0 Å². The minimum absolute atomic E-state index is 0.287. The zero-order valence-corrected chi connectivity index (χ0v) is 11.2. The topological polar surface area (TPSA) is 83.4 Å². The van der Waals surface area contributed by atoms with Crippen LogP contribution in [0.3, 0.4) is 0 Å². The highest BCUT2D eigenvalue weighted by Gasteiger charge is 2.42. The Hall–Kier alpha value is -2.76. The minimum atomic E-state index is -0.799. The lowest BCUT2D eigenvalue weighted by atomic mass is 9.92. The molecule has 0 bridgehead atoms. The molecule has 1 saturated heterocycles. The van der Waals surface area contributed by atoms with Gasteiger partial charge in [0, 0.05) is 6.54 Å². The van der Waals surface area contributed by atoms with E-state index >= 15 is 0 Å². The molecule has 2 heterocycles. The molecule has 6 heteroatoms. The van der Waals surface area contributed by atoms with Gasteiger partial charge >= 0.3 is 0 Å². The van der Waals surface area contributed by atoms with Gasteiger partial charge in [0.25, 0.3) is 5.91 Å². The van der Waals surface area contributed by atoms with Crippen molar-refractivity contribution in [2.75, 3.05) is 12.0 Å². The molecule has 1 aromatic heterocycles. The van der Waals surface area contributed by atoms with Crippen molar-refractivity contribution in [1.82, 2.24) is 10.7 Å². The van der Waals surface area contributed by atoms with E-state index in [1.807, 2.05) is 30.3 Å². The predicted molar refractivity (Wildman–Crippen MR) is 76.2 cm³/mol. The number of carbonyl (C=O) groups excluding carboxylic acids is 2. The summed E-state index contributed by atoms with van der Waals surface area (Å²) in [4.78, 5) is 24.1. The molecule has 1 aliphatic heterocycles. The number of anilines is 1. The van der Waals surface area contributed by atoms with Crippen molar-refractivity contribution in [3.05, 3.63) is 54.5 Å². The molecule has 108 valence electrons. The monoisotopic (exact) mass is 285 g/mol. The Morgan fingerprint density at radius 2 is 2.00 bits per heavy atom. The van der Waals surface area contributed by atoms with Gasteiger partial charge in [0.2, 0.25) is 5.91 Å². The summed E-state index contributed by atoms with van der Waals surface area (Å²) in [6.45, 7) is 0.399. The first-order valence-corrected chi connectivity index (χ1v) is 6.68. The zero-order chi connectivity index (χ0) is 14.7. The molecule has 0 radical (unpaired) electrons. The van der Waals surface area contributed by atoms with E-state index in [1.165, 1.54) is 6.26 Å². The fraction of sp³-hybridized carbons (Fsp3) is 0.200. The number of hydrazine groups is 1. The molecule has 0 aliphatic carbocycles. The van der Waals surface area contributed by atoms with Crippen LogP contribution in [0.5, 0.6) is 0 Å². The van der Waals surface area contributed by atoms with E-state index in [2.05, 4.69) is 16.2 Å². The molecule has 3 rings (SSSR count). The summed E-state index contributed by atoms with van der Waals surface area (Å²) in [6, 6.07) is 12.7. The van der Waals surface area contributed by atoms with Gasteiger partial charge in [-0.1, -0.05) is 18.2 Å². The number of hydrogen-bond donors (Lipinski definition) is 3. The van der Waals surface area contributed by atoms with Crippen LogP contribution in [0.25, 0.3) is 0 Å². The van der Waals surface area contributed by atoms with E-state index in [-0.39, 0.29) is 17.7 Å². The predicted octanol–water partition coefficient (Wildman–Crippen LogP) is 1.25. The first kappa shape index (κ1) is 13.2. The second kappa shape index (κ2) is 5.70. The Kier molecular flexibility index (Phi) is 3.59. The van der Waals surface area contributed by atoms with Crippen molar-refractivity contribution in [3.8, 4) is 0 Å². The van der Waals surface area contributed by atoms with Gasteiger partial charge in [-0.05, 0) is 24.3 Å². The number of hydrogen-bond acceptors (Lipinski definition) is 4. The smallest absolute Gasteiger partial charge is 0.251 e. The third kappa shape index (κ3) is 2.74. The average Bonchev–Trinajstić information content (AvgIpc) is 3.15. The van der Waals surface area contributed by atoms with E-state index in [4.69, 9.17) is 4.42 Å². The number of rotatable bonds is 4. The number of amides is 2. The Balaban J connectivity index is 1.69. The number of furan rings is 1. The van der Waals surface area contributed by atoms with Crippen LogP contribution >= 0.6 is 0 Å². The number of benzene rings is 1. The van der Waals surface area contributed by atoms with E-state index in [0.717, 1.165) is 5.69 Å². The molecular formula is C15H15N3O3. The number of para-hydroxylation sites is 1. The van der Waals surface area contributed by atoms with Crippen LogP contribution < -0.4 is 16.2 Å². The molecule has 21 heavy (non-hydrogen) atoms. The normalized spacial score (nSPS) is 20.9. The molecule has 2 aromatic rings. The summed E-state index contributed by atoms with van der Waals surface area (Å²) < 4.78 is 5.32. The maximum absolute atomic E-state index is 12.3. The van der Waals surface area contributed by atoms with Crippen molar-refractivity contribution < 1.29 is 14.0 Å². The minimum Gasteiger partial charge on any atom is -0.469 e. The summed E-state index contributed by atoms with van der Waals surface area (Å²) in [5.74, 6) is -1.12. The van der Waals surface area contributed by atoms with Crippen LogP contribution in [0, 0.1) is 5.92 Å². The maximum Gasteiger partial charge on any atom is 0.251 e. The molecule has 3 N–H and O–H groups in total. The summed E-state index contributed by atoms with van der Waals surface area (Å²) in [7, 11) is 0. The third-order valence-corrected chi connectivity index (χ3v) is 3.48. The highest BCUT2D eigenvalue weighted by Crippen LogP contribution is 2.29. The first-order chi connectivity index (χ1) is 10.3. The van der Waals surface area contributed by atoms with E-state index in [0.29, 0.717) is 12.3 Å². The molecular weight excluding hydrogens is 270 g/mol. The molecule has 1 aliphatic rings. The SMILES string of the molecule is O=C1NCC(c2ccco2)C1C(=O)NNc1ccccc1. The van der Waals surface area contributed by atoms with Gasteiger partial charge < -0.3 is 9.73 Å². The first-order valence-electron chi connectivity index (χ1n) is 6.68. The van der Waals surface area contributed by atoms with Crippen LogP contribution in [0.2, 0.25) is 0 Å². The second-order valence-electron chi connectivity index (χ2n) is 4.83. The second-order valence-corrected chi connectivity index (χ2v) is 4.83. The summed E-state index contributed by atoms with van der Waals surface area (Å²) >= 11 is 0. The number of nitrogens with one attached hydrogen (secondary N) is 3. The average molecular weight is 285 g/mol. The fourth-order valence-corrected chi connectivity index (χ4v) is 2.42. The molecule has 0 spiro atoms. The van der Waals surface area contributed by atoms with Crippen molar-refractivity contribution in [2.24, 2.45) is 5.92 Å². The molecule has 2 unspecified atom stereocenters. The van der Waals surface area contributed by atoms with Gasteiger partial charge in [-0.25, -0.2) is 0 Å². The Bertz CT molecular complexity index is 625. The van der Waals surface area contributed by atoms with Crippen LogP contribution in [0.15, 0.2) is 53.1 Å². The van der Waals surface area contributed by atoms with Gasteiger partial charge in [-0.3, -0.25) is 20.4 Å². The zero-order valence-electron chi connectivity index (χ0n) is 11.2. The Labute approximate surface area is 121 Å². The third-order valence-electron chi connectivity index (χ3n) is 3.48. The standard InChI is InChI=1S/C15H15N3O3/c19-14-13(11(9-16-14)12-7-4-8-21-12)15(20)18-17-10-5-2-1-3-6-10/h1-8,11,13,17H,9H2,(H,16,19)(H,18,20). The van der Waals surface area contributed by atoms with Crippen molar-refractivity contribution in [2.45, 2.75) is 5.92 Å². The van der Waals surface area contributed by atoms with Crippen LogP contribution in [-0.4, -0.2) is 18.4 Å². The number of carbonyl (C=O) groups is 2. The lowest BCUT2D eigenvalue weighted by molar-refractivity contribution is -0.133. The largest absolute Gasteiger partial charge is 0.469 e. The molecule has 6 nitrogen and oxygen atoms in total. The summed E-state index contributed by atoms with van der Waals surface area (Å²) in [5, 5.41) is 2.70. The van der Waals surface area contributed by atoms with Crippen molar-refractivity contribution in [3.63, 3.8) is 0 Å². The lowest BCUT2D eigenvalue weighted by Crippen LogP contribution is -2.40. The van der Waals surface area contributed by atoms with Gasteiger partial charge in [0.05, 0.1) is 17.9 Å². The molecule has 2 atom stereocenters. The van der Waals surface area contributed by atoms with Gasteiger partial charge in [-0.15, -0.1) is 0 Å². The Morgan fingerprint density at radius 3 is 2.71 bits per heavy atom. The van der Waals surface area contributed by atoms with Crippen molar-refractivity contribution in [1.29, 1.82) is 0 Å². The van der Waals surface area contributed by atoms with E-state index in [1.54, 1.807) is 12.1 Å². The van der Waals surface area contributed by atoms with Gasteiger partial charge in [0.1, 0.15) is 11.7 Å². The highest BCUT2D eigenvalue weighted by molar-refractivity contribution is 6.03. The van der Waals surface area contributed by atoms with Crippen molar-refractivity contribution >= 4 is 17.5 Å². The van der Waals surface area contributed by atoms with E-state index in [9.17, 15) is 9.59 Å². The molecule has 2 amide bonds. The van der Waals surface area contributed by atoms with E-state index < -0.39 is 5.92 Å². The van der Waals surface area contributed by atoms with Crippen LogP contribution in [-0.2, 0) is 9.59 Å². The molecule has 1 fully saturated rings. The maximum atomic E-state index is 12.3. The fourth-order valence-electron chi connectivity index (χ4n) is 2.42. The molecule has 1 aromatic carbocycles. The Morgan fingerprint density at radius 1 is 1.19 bits per heavy atom. The summed E-state index contributed by atoms with van der Waals surface area (Å²) in [6.07, 6.45) is 1.54. The lowest BCUT2D eigenvalue weighted by Gasteiger charge is -2.15. The molecule has 0 saturated carbocycles. The quantitative estimate of drug-likeness (QED) is 0.583. The highest BCUT2D eigenvalue weighted by atomic mass is 16.3.